The molecule has 0 saturated heterocycles. The summed E-state index contributed by atoms with van der Waals surface area (Å²) >= 11 is 1.54. The van der Waals surface area contributed by atoms with Gasteiger partial charge in [-0.25, -0.2) is 0 Å². The van der Waals surface area contributed by atoms with Gasteiger partial charge >= 0.3 is 0 Å². The quantitative estimate of drug-likeness (QED) is 0.763. The number of anilines is 1. The Morgan fingerprint density at radius 1 is 1.23 bits per heavy atom. The smallest absolute Gasteiger partial charge is 0.253 e. The molecule has 0 radical (unpaired) electrons. The molecule has 0 aliphatic heterocycles. The van der Waals surface area contributed by atoms with Crippen LogP contribution in [0, 0.1) is 0 Å². The summed E-state index contributed by atoms with van der Waals surface area (Å²) in [5.74, 6) is -0.646. The lowest BCUT2D eigenvalue weighted by molar-refractivity contribution is -0.117. The number of thiophene rings is 1. The van der Waals surface area contributed by atoms with E-state index >= 15 is 0 Å². The van der Waals surface area contributed by atoms with Crippen molar-refractivity contribution in [3.63, 3.8) is 0 Å². The average Bonchev–Trinajstić information content (AvgIpc) is 3.06. The van der Waals surface area contributed by atoms with Gasteiger partial charge in [0.1, 0.15) is 0 Å². The van der Waals surface area contributed by atoms with Crippen molar-refractivity contribution in [2.45, 2.75) is 12.8 Å². The van der Waals surface area contributed by atoms with E-state index in [-0.39, 0.29) is 17.7 Å². The van der Waals surface area contributed by atoms with Crippen LogP contribution in [0.5, 0.6) is 0 Å². The van der Waals surface area contributed by atoms with E-state index in [0.29, 0.717) is 24.3 Å². The number of carbonyl (C=O) groups excluding carboxylic acids is 2. The van der Waals surface area contributed by atoms with Crippen LogP contribution in [0.15, 0.2) is 41.8 Å². The molecule has 0 spiro atoms. The van der Waals surface area contributed by atoms with Gasteiger partial charge in [0.05, 0.1) is 17.2 Å². The number of hydrogen-bond acceptors (Lipinski definition) is 4. The topological polar surface area (TPSA) is 84.2 Å². The lowest BCUT2D eigenvalue weighted by Crippen LogP contribution is -2.30. The molecule has 0 bridgehead atoms. The summed E-state index contributed by atoms with van der Waals surface area (Å²) in [6.45, 7) is 2.61. The summed E-state index contributed by atoms with van der Waals surface area (Å²) in [5, 5.41) is 7.48. The summed E-state index contributed by atoms with van der Waals surface area (Å²) in [4.78, 5) is 25.4. The van der Waals surface area contributed by atoms with Crippen LogP contribution in [0.1, 0.15) is 28.1 Å². The first-order valence-electron chi connectivity index (χ1n) is 7.05. The molecule has 116 valence electrons. The minimum absolute atomic E-state index is 0.137. The molecule has 1 heterocycles. The number of rotatable bonds is 6. The van der Waals surface area contributed by atoms with Crippen LogP contribution in [0.4, 0.5) is 5.69 Å². The van der Waals surface area contributed by atoms with E-state index < -0.39 is 0 Å². The summed E-state index contributed by atoms with van der Waals surface area (Å²) in [5.41, 5.74) is 6.32. The number of carbonyl (C=O) groups is 2. The molecule has 1 aromatic carbocycles. The van der Waals surface area contributed by atoms with Crippen molar-refractivity contribution in [3.05, 3.63) is 52.2 Å². The Morgan fingerprint density at radius 2 is 2.00 bits per heavy atom. The van der Waals surface area contributed by atoms with Crippen LogP contribution >= 0.6 is 11.3 Å². The number of para-hydroxylation sites is 1. The Hall–Kier alpha value is -2.18. The molecular weight excluding hydrogens is 298 g/mol. The fraction of sp³-hybridized carbons (Fsp3) is 0.250. The van der Waals surface area contributed by atoms with Crippen molar-refractivity contribution in [1.29, 1.82) is 0 Å². The van der Waals surface area contributed by atoms with Crippen molar-refractivity contribution < 1.29 is 9.59 Å². The highest BCUT2D eigenvalue weighted by Crippen LogP contribution is 2.23. The zero-order valence-corrected chi connectivity index (χ0v) is 13.2. The first kappa shape index (κ1) is 16.2. The Kier molecular flexibility index (Phi) is 5.68. The minimum atomic E-state index is -0.264. The molecule has 5 nitrogen and oxygen atoms in total. The molecular formula is C16H19N3O2S. The first-order chi connectivity index (χ1) is 10.6. The Morgan fingerprint density at radius 3 is 2.68 bits per heavy atom. The molecule has 2 aromatic rings. The molecule has 1 aromatic heterocycles. The largest absolute Gasteiger partial charge is 0.351 e. The monoisotopic (exact) mass is 317 g/mol. The molecule has 1 unspecified atom stereocenters. The van der Waals surface area contributed by atoms with Gasteiger partial charge in [0.2, 0.25) is 5.91 Å². The molecule has 6 heteroatoms. The van der Waals surface area contributed by atoms with Crippen LogP contribution in [0.25, 0.3) is 0 Å². The van der Waals surface area contributed by atoms with Gasteiger partial charge in [-0.05, 0) is 30.5 Å². The SMILES string of the molecule is CC(C(=O)Nc1ccccc1C(=O)NCCN)c1cccs1. The third-order valence-electron chi connectivity index (χ3n) is 3.22. The predicted octanol–water partition coefficient (Wildman–Crippen LogP) is 2.18. The second kappa shape index (κ2) is 7.72. The molecule has 0 fully saturated rings. The van der Waals surface area contributed by atoms with Gasteiger partial charge in [-0.2, -0.15) is 0 Å². The molecule has 0 aliphatic carbocycles. The predicted molar refractivity (Wildman–Crippen MR) is 89.2 cm³/mol. The van der Waals surface area contributed by atoms with Gasteiger partial charge in [0.15, 0.2) is 0 Å². The standard InChI is InChI=1S/C16H19N3O2S/c1-11(14-7-4-10-22-14)15(20)19-13-6-3-2-5-12(13)16(21)18-9-8-17/h2-7,10-11H,8-9,17H2,1H3,(H,18,21)(H,19,20). The van der Waals surface area contributed by atoms with Crippen molar-refractivity contribution in [1.82, 2.24) is 5.32 Å². The zero-order valence-electron chi connectivity index (χ0n) is 12.3. The van der Waals surface area contributed by atoms with Crippen molar-refractivity contribution in [3.8, 4) is 0 Å². The molecule has 0 saturated carbocycles. The summed E-state index contributed by atoms with van der Waals surface area (Å²) in [6, 6.07) is 10.8. The van der Waals surface area contributed by atoms with Gasteiger partial charge in [0, 0.05) is 18.0 Å². The van der Waals surface area contributed by atoms with E-state index in [1.807, 2.05) is 24.4 Å². The van der Waals surface area contributed by atoms with Crippen LogP contribution in [0.2, 0.25) is 0 Å². The lowest BCUT2D eigenvalue weighted by atomic mass is 10.1. The highest BCUT2D eigenvalue weighted by molar-refractivity contribution is 7.10. The second-order valence-electron chi connectivity index (χ2n) is 4.82. The lowest BCUT2D eigenvalue weighted by Gasteiger charge is -2.14. The van der Waals surface area contributed by atoms with Crippen molar-refractivity contribution in [2.24, 2.45) is 5.73 Å². The third kappa shape index (κ3) is 3.93. The van der Waals surface area contributed by atoms with Gasteiger partial charge in [-0.3, -0.25) is 9.59 Å². The van der Waals surface area contributed by atoms with Crippen LogP contribution in [-0.2, 0) is 4.79 Å². The van der Waals surface area contributed by atoms with Crippen molar-refractivity contribution >= 4 is 28.8 Å². The van der Waals surface area contributed by atoms with Crippen LogP contribution in [0.3, 0.4) is 0 Å². The van der Waals surface area contributed by atoms with E-state index in [1.54, 1.807) is 24.3 Å². The van der Waals surface area contributed by atoms with E-state index in [0.717, 1.165) is 4.88 Å². The minimum Gasteiger partial charge on any atom is -0.351 e. The number of amides is 2. The van der Waals surface area contributed by atoms with Gasteiger partial charge in [-0.1, -0.05) is 18.2 Å². The fourth-order valence-electron chi connectivity index (χ4n) is 1.98. The maximum atomic E-state index is 12.3. The Labute approximate surface area is 133 Å². The maximum Gasteiger partial charge on any atom is 0.253 e. The second-order valence-corrected chi connectivity index (χ2v) is 5.80. The van der Waals surface area contributed by atoms with E-state index in [2.05, 4.69) is 10.6 Å². The van der Waals surface area contributed by atoms with E-state index in [4.69, 9.17) is 5.73 Å². The van der Waals surface area contributed by atoms with E-state index in [9.17, 15) is 9.59 Å². The maximum absolute atomic E-state index is 12.3. The molecule has 4 N–H and O–H groups in total. The molecule has 22 heavy (non-hydrogen) atoms. The number of benzene rings is 1. The summed E-state index contributed by atoms with van der Waals surface area (Å²) in [6.07, 6.45) is 0. The molecule has 0 aliphatic rings. The summed E-state index contributed by atoms with van der Waals surface area (Å²) in [7, 11) is 0. The first-order valence-corrected chi connectivity index (χ1v) is 7.93. The highest BCUT2D eigenvalue weighted by atomic mass is 32.1. The average molecular weight is 317 g/mol. The van der Waals surface area contributed by atoms with Gasteiger partial charge < -0.3 is 16.4 Å². The van der Waals surface area contributed by atoms with Crippen molar-refractivity contribution in [2.75, 3.05) is 18.4 Å². The van der Waals surface area contributed by atoms with Crippen LogP contribution < -0.4 is 16.4 Å². The molecule has 2 rings (SSSR count). The van der Waals surface area contributed by atoms with E-state index in [1.165, 1.54) is 11.3 Å². The Bertz CT molecular complexity index is 641. The third-order valence-corrected chi connectivity index (χ3v) is 4.28. The van der Waals surface area contributed by atoms with Crippen LogP contribution in [-0.4, -0.2) is 24.9 Å². The number of hydrogen-bond donors (Lipinski definition) is 3. The molecule has 1 atom stereocenters. The fourth-order valence-corrected chi connectivity index (χ4v) is 2.76. The van der Waals surface area contributed by atoms with Gasteiger partial charge in [-0.15, -0.1) is 11.3 Å². The summed E-state index contributed by atoms with van der Waals surface area (Å²) < 4.78 is 0. The number of nitrogens with two attached hydrogens (primary N) is 1. The normalized spacial score (nSPS) is 11.7. The number of nitrogens with one attached hydrogen (secondary N) is 2. The molecule has 2 amide bonds. The highest BCUT2D eigenvalue weighted by Gasteiger charge is 2.18. The zero-order chi connectivity index (χ0) is 15.9. The Balaban J connectivity index is 2.12. The van der Waals surface area contributed by atoms with Gasteiger partial charge in [0.25, 0.3) is 5.91 Å².